The molecule has 186 valence electrons. The van der Waals surface area contributed by atoms with Crippen molar-refractivity contribution in [3.05, 3.63) is 59.7 Å². The topological polar surface area (TPSA) is 96.0 Å². The van der Waals surface area contributed by atoms with Crippen molar-refractivity contribution in [1.82, 2.24) is 10.2 Å². The van der Waals surface area contributed by atoms with Crippen LogP contribution in [0.25, 0.3) is 0 Å². The van der Waals surface area contributed by atoms with Gasteiger partial charge in [0.05, 0.1) is 18.6 Å². The van der Waals surface area contributed by atoms with Gasteiger partial charge in [-0.15, -0.1) is 0 Å². The van der Waals surface area contributed by atoms with Gasteiger partial charge in [-0.25, -0.2) is 8.42 Å². The Bertz CT molecular complexity index is 1090. The fourth-order valence-electron chi connectivity index (χ4n) is 3.49. The first kappa shape index (κ1) is 27.2. The molecule has 0 unspecified atom stereocenters. The molecule has 0 saturated carbocycles. The molecule has 2 rings (SSSR count). The maximum absolute atomic E-state index is 13.6. The van der Waals surface area contributed by atoms with Gasteiger partial charge < -0.3 is 15.0 Å². The minimum atomic E-state index is -3.82. The normalized spacial score (nSPS) is 12.0. The molecule has 0 aliphatic rings. The van der Waals surface area contributed by atoms with E-state index in [0.29, 0.717) is 18.9 Å². The summed E-state index contributed by atoms with van der Waals surface area (Å²) < 4.78 is 32.1. The van der Waals surface area contributed by atoms with Gasteiger partial charge in [-0.3, -0.25) is 13.9 Å². The molecule has 0 radical (unpaired) electrons. The first-order chi connectivity index (χ1) is 16.1. The number of hydrogen-bond acceptors (Lipinski definition) is 5. The molecule has 0 bridgehead atoms. The minimum absolute atomic E-state index is 0.178. The number of nitrogens with zero attached hydrogens (tertiary/aromatic N) is 2. The summed E-state index contributed by atoms with van der Waals surface area (Å²) in [6, 6.07) is 13.5. The first-order valence-electron chi connectivity index (χ1n) is 11.4. The smallest absolute Gasteiger partial charge is 0.244 e. The summed E-state index contributed by atoms with van der Waals surface area (Å²) in [5.41, 5.74) is 2.13. The average molecular weight is 490 g/mol. The summed E-state index contributed by atoms with van der Waals surface area (Å²) in [6.07, 6.45) is 1.81. The number of nitrogens with one attached hydrogen (secondary N) is 1. The molecule has 9 heteroatoms. The number of rotatable bonds is 12. The summed E-state index contributed by atoms with van der Waals surface area (Å²) in [5.74, 6) is -0.411. The molecule has 0 saturated heterocycles. The van der Waals surface area contributed by atoms with Crippen LogP contribution in [0.4, 0.5) is 5.69 Å². The van der Waals surface area contributed by atoms with Gasteiger partial charge in [-0.1, -0.05) is 43.3 Å². The van der Waals surface area contributed by atoms with Gasteiger partial charge in [0.1, 0.15) is 18.3 Å². The van der Waals surface area contributed by atoms with Crippen molar-refractivity contribution in [3.8, 4) is 5.75 Å². The molecule has 2 aromatic carbocycles. The Labute approximate surface area is 202 Å². The van der Waals surface area contributed by atoms with Crippen LogP contribution >= 0.6 is 0 Å². The summed E-state index contributed by atoms with van der Waals surface area (Å²) in [4.78, 5) is 27.8. The standard InChI is InChI=1S/C25H35N3O5S/c1-6-16-26-25(30)20(4)27(17-21-13-9-8-12-19(21)3)24(29)18-28(34(5,31)32)22-14-10-11-15-23(22)33-7-2/h8-15,20H,6-7,16-18H2,1-5H3,(H,26,30)/t20-/m1/s1. The third-order valence-electron chi connectivity index (χ3n) is 5.43. The molecule has 0 heterocycles. The monoisotopic (exact) mass is 489 g/mol. The number of sulfonamides is 1. The van der Waals surface area contributed by atoms with Crippen LogP contribution in [0.15, 0.2) is 48.5 Å². The van der Waals surface area contributed by atoms with E-state index in [1.54, 1.807) is 38.1 Å². The zero-order chi connectivity index (χ0) is 25.3. The van der Waals surface area contributed by atoms with Crippen LogP contribution in [0.2, 0.25) is 0 Å². The number of aryl methyl sites for hydroxylation is 1. The molecule has 0 aromatic heterocycles. The molecular formula is C25H35N3O5S. The third-order valence-corrected chi connectivity index (χ3v) is 6.56. The van der Waals surface area contributed by atoms with E-state index in [-0.39, 0.29) is 18.1 Å². The Morgan fingerprint density at radius 1 is 1.06 bits per heavy atom. The fraction of sp³-hybridized carbons (Fsp3) is 0.440. The summed E-state index contributed by atoms with van der Waals surface area (Å²) in [6.45, 7) is 7.88. The van der Waals surface area contributed by atoms with Crippen molar-refractivity contribution in [3.63, 3.8) is 0 Å². The van der Waals surface area contributed by atoms with Gasteiger partial charge in [0, 0.05) is 13.1 Å². The molecule has 34 heavy (non-hydrogen) atoms. The lowest BCUT2D eigenvalue weighted by molar-refractivity contribution is -0.139. The lowest BCUT2D eigenvalue weighted by Gasteiger charge is -2.32. The summed E-state index contributed by atoms with van der Waals surface area (Å²) >= 11 is 0. The third kappa shape index (κ3) is 7.21. The van der Waals surface area contributed by atoms with E-state index in [0.717, 1.165) is 28.1 Å². The van der Waals surface area contributed by atoms with Crippen molar-refractivity contribution < 1.29 is 22.7 Å². The number of para-hydroxylation sites is 2. The largest absolute Gasteiger partial charge is 0.492 e. The van der Waals surface area contributed by atoms with Gasteiger partial charge in [-0.2, -0.15) is 0 Å². The van der Waals surface area contributed by atoms with Gasteiger partial charge in [0.2, 0.25) is 21.8 Å². The predicted molar refractivity (Wildman–Crippen MR) is 134 cm³/mol. The second kappa shape index (κ2) is 12.4. The highest BCUT2D eigenvalue weighted by Crippen LogP contribution is 2.30. The van der Waals surface area contributed by atoms with Crippen molar-refractivity contribution >= 4 is 27.5 Å². The predicted octanol–water partition coefficient (Wildman–Crippen LogP) is 3.10. The Morgan fingerprint density at radius 3 is 2.32 bits per heavy atom. The van der Waals surface area contributed by atoms with Crippen LogP contribution in [0, 0.1) is 6.92 Å². The van der Waals surface area contributed by atoms with Crippen LogP contribution < -0.4 is 14.4 Å². The molecular weight excluding hydrogens is 454 g/mol. The SMILES string of the molecule is CCCNC(=O)[C@@H](C)N(Cc1ccccc1C)C(=O)CN(c1ccccc1OCC)S(C)(=O)=O. The maximum atomic E-state index is 13.6. The first-order valence-corrected chi connectivity index (χ1v) is 13.3. The quantitative estimate of drug-likeness (QED) is 0.494. The molecule has 1 N–H and O–H groups in total. The summed E-state index contributed by atoms with van der Waals surface area (Å²) in [5, 5.41) is 2.82. The van der Waals surface area contributed by atoms with Gasteiger partial charge in [0.25, 0.3) is 0 Å². The lowest BCUT2D eigenvalue weighted by atomic mass is 10.1. The number of benzene rings is 2. The van der Waals surface area contributed by atoms with Crippen LogP contribution in [0.1, 0.15) is 38.3 Å². The van der Waals surface area contributed by atoms with E-state index in [4.69, 9.17) is 4.74 Å². The molecule has 0 aliphatic heterocycles. The summed E-state index contributed by atoms with van der Waals surface area (Å²) in [7, 11) is -3.82. The molecule has 0 aliphatic carbocycles. The van der Waals surface area contributed by atoms with Crippen LogP contribution in [0.3, 0.4) is 0 Å². The van der Waals surface area contributed by atoms with Crippen LogP contribution in [-0.2, 0) is 26.2 Å². The second-order valence-corrected chi connectivity index (χ2v) is 9.99. The molecule has 8 nitrogen and oxygen atoms in total. The van der Waals surface area contributed by atoms with Gasteiger partial charge >= 0.3 is 0 Å². The van der Waals surface area contributed by atoms with Crippen LogP contribution in [0.5, 0.6) is 5.75 Å². The van der Waals surface area contributed by atoms with E-state index < -0.39 is 28.5 Å². The Balaban J connectivity index is 2.43. The van der Waals surface area contributed by atoms with Gasteiger partial charge in [-0.05, 0) is 50.5 Å². The number of amides is 2. The maximum Gasteiger partial charge on any atom is 0.244 e. The van der Waals surface area contributed by atoms with Gasteiger partial charge in [0.15, 0.2) is 0 Å². The number of ether oxygens (including phenoxy) is 1. The van der Waals surface area contributed by atoms with E-state index in [1.165, 1.54) is 4.90 Å². The van der Waals surface area contributed by atoms with E-state index in [1.807, 2.05) is 38.1 Å². The van der Waals surface area contributed by atoms with Crippen molar-refractivity contribution in [2.45, 2.75) is 46.7 Å². The highest BCUT2D eigenvalue weighted by atomic mass is 32.2. The lowest BCUT2D eigenvalue weighted by Crippen LogP contribution is -2.51. The zero-order valence-corrected chi connectivity index (χ0v) is 21.4. The Morgan fingerprint density at radius 2 is 1.71 bits per heavy atom. The number of carbonyl (C=O) groups excluding carboxylic acids is 2. The van der Waals surface area contributed by atoms with Crippen molar-refractivity contribution in [2.75, 3.05) is 30.3 Å². The van der Waals surface area contributed by atoms with E-state index in [2.05, 4.69) is 5.32 Å². The highest BCUT2D eigenvalue weighted by Gasteiger charge is 2.31. The number of anilines is 1. The van der Waals surface area contributed by atoms with Crippen LogP contribution in [-0.4, -0.2) is 57.1 Å². The Hall–Kier alpha value is -3.07. The average Bonchev–Trinajstić information content (AvgIpc) is 2.80. The van der Waals surface area contributed by atoms with Crippen molar-refractivity contribution in [1.29, 1.82) is 0 Å². The van der Waals surface area contributed by atoms with E-state index >= 15 is 0 Å². The number of hydrogen-bond donors (Lipinski definition) is 1. The minimum Gasteiger partial charge on any atom is -0.492 e. The zero-order valence-electron chi connectivity index (χ0n) is 20.6. The molecule has 0 fully saturated rings. The molecule has 2 aromatic rings. The van der Waals surface area contributed by atoms with Crippen molar-refractivity contribution in [2.24, 2.45) is 0 Å². The second-order valence-electron chi connectivity index (χ2n) is 8.09. The fourth-order valence-corrected chi connectivity index (χ4v) is 4.34. The highest BCUT2D eigenvalue weighted by molar-refractivity contribution is 7.92. The molecule has 1 atom stereocenters. The molecule has 0 spiro atoms. The van der Waals surface area contributed by atoms with E-state index in [9.17, 15) is 18.0 Å². The Kier molecular flexibility index (Phi) is 9.92. The number of carbonyl (C=O) groups is 2. The molecule has 2 amide bonds.